The fourth-order valence-corrected chi connectivity index (χ4v) is 2.26. The van der Waals surface area contributed by atoms with Gasteiger partial charge in [-0.05, 0) is 56.4 Å². The SMILES string of the molecule is O=C(O)c1ccc(OCCCCOC2CC=CCC2)cc1. The van der Waals surface area contributed by atoms with E-state index in [4.69, 9.17) is 14.6 Å². The van der Waals surface area contributed by atoms with Crippen molar-refractivity contribution in [2.24, 2.45) is 0 Å². The zero-order valence-corrected chi connectivity index (χ0v) is 12.2. The molecule has 1 aromatic carbocycles. The summed E-state index contributed by atoms with van der Waals surface area (Å²) in [5.41, 5.74) is 0.275. The molecule has 4 heteroatoms. The number of aromatic carboxylic acids is 1. The van der Waals surface area contributed by atoms with Crippen molar-refractivity contribution >= 4 is 5.97 Å². The Morgan fingerprint density at radius 1 is 1.14 bits per heavy atom. The molecule has 2 rings (SSSR count). The molecule has 1 unspecified atom stereocenters. The minimum absolute atomic E-state index is 0.275. The van der Waals surface area contributed by atoms with Crippen LogP contribution in [-0.2, 0) is 4.74 Å². The molecule has 0 amide bonds. The number of hydrogen-bond acceptors (Lipinski definition) is 3. The monoisotopic (exact) mass is 290 g/mol. The number of rotatable bonds is 8. The van der Waals surface area contributed by atoms with Crippen molar-refractivity contribution in [1.29, 1.82) is 0 Å². The number of unbranched alkanes of at least 4 members (excludes halogenated alkanes) is 1. The topological polar surface area (TPSA) is 55.8 Å². The Balaban J connectivity index is 1.55. The van der Waals surface area contributed by atoms with E-state index in [0.29, 0.717) is 18.5 Å². The van der Waals surface area contributed by atoms with E-state index in [1.807, 2.05) is 0 Å². The second-order valence-electron chi connectivity index (χ2n) is 5.16. The molecule has 0 heterocycles. The number of carboxylic acids is 1. The van der Waals surface area contributed by atoms with Crippen molar-refractivity contribution in [3.05, 3.63) is 42.0 Å². The van der Waals surface area contributed by atoms with Gasteiger partial charge in [0.1, 0.15) is 5.75 Å². The van der Waals surface area contributed by atoms with Crippen LogP contribution in [0.15, 0.2) is 36.4 Å². The molecule has 0 saturated heterocycles. The van der Waals surface area contributed by atoms with E-state index in [9.17, 15) is 4.79 Å². The standard InChI is InChI=1S/C17H22O4/c18-17(19)14-8-10-16(11-9-14)21-13-5-4-12-20-15-6-2-1-3-7-15/h1-2,8-11,15H,3-7,12-13H2,(H,18,19). The summed E-state index contributed by atoms with van der Waals surface area (Å²) in [6.45, 7) is 1.40. The van der Waals surface area contributed by atoms with Crippen LogP contribution in [0.1, 0.15) is 42.5 Å². The molecule has 4 nitrogen and oxygen atoms in total. The summed E-state index contributed by atoms with van der Waals surface area (Å²) in [6.07, 6.45) is 9.99. The number of ether oxygens (including phenoxy) is 2. The Kier molecular flexibility index (Phi) is 6.28. The highest BCUT2D eigenvalue weighted by Gasteiger charge is 2.09. The molecule has 0 aliphatic heterocycles. The average molecular weight is 290 g/mol. The molecule has 1 aliphatic rings. The van der Waals surface area contributed by atoms with Gasteiger partial charge in [0.15, 0.2) is 0 Å². The average Bonchev–Trinajstić information content (AvgIpc) is 2.52. The predicted molar refractivity (Wildman–Crippen MR) is 80.9 cm³/mol. The summed E-state index contributed by atoms with van der Waals surface area (Å²) in [5.74, 6) is -0.213. The van der Waals surface area contributed by atoms with E-state index in [-0.39, 0.29) is 5.56 Å². The summed E-state index contributed by atoms with van der Waals surface area (Å²) in [4.78, 5) is 10.7. The highest BCUT2D eigenvalue weighted by Crippen LogP contribution is 2.15. The van der Waals surface area contributed by atoms with Gasteiger partial charge in [-0.2, -0.15) is 0 Å². The van der Waals surface area contributed by atoms with Crippen molar-refractivity contribution in [1.82, 2.24) is 0 Å². The molecule has 1 aliphatic carbocycles. The molecule has 0 radical (unpaired) electrons. The van der Waals surface area contributed by atoms with Gasteiger partial charge in [-0.3, -0.25) is 0 Å². The minimum atomic E-state index is -0.920. The molecule has 21 heavy (non-hydrogen) atoms. The molecule has 114 valence electrons. The van der Waals surface area contributed by atoms with Crippen LogP contribution in [0.5, 0.6) is 5.75 Å². The van der Waals surface area contributed by atoms with Gasteiger partial charge in [-0.25, -0.2) is 4.79 Å². The lowest BCUT2D eigenvalue weighted by atomic mass is 10.1. The Labute approximate surface area is 125 Å². The van der Waals surface area contributed by atoms with Crippen LogP contribution in [-0.4, -0.2) is 30.4 Å². The fourth-order valence-electron chi connectivity index (χ4n) is 2.26. The van der Waals surface area contributed by atoms with E-state index in [1.165, 1.54) is 0 Å². The first kappa shape index (κ1) is 15.6. The number of benzene rings is 1. The molecular formula is C17H22O4. The third-order valence-electron chi connectivity index (χ3n) is 3.48. The third-order valence-corrected chi connectivity index (χ3v) is 3.48. The fraction of sp³-hybridized carbons (Fsp3) is 0.471. The van der Waals surface area contributed by atoms with E-state index in [2.05, 4.69) is 12.2 Å². The molecule has 0 aromatic heterocycles. The minimum Gasteiger partial charge on any atom is -0.494 e. The van der Waals surface area contributed by atoms with Gasteiger partial charge < -0.3 is 14.6 Å². The maximum absolute atomic E-state index is 10.7. The quantitative estimate of drug-likeness (QED) is 0.586. The highest BCUT2D eigenvalue weighted by molar-refractivity contribution is 5.87. The lowest BCUT2D eigenvalue weighted by molar-refractivity contribution is 0.0437. The molecule has 0 bridgehead atoms. The van der Waals surface area contributed by atoms with Crippen molar-refractivity contribution in [2.75, 3.05) is 13.2 Å². The van der Waals surface area contributed by atoms with Crippen LogP contribution in [0, 0.1) is 0 Å². The first-order chi connectivity index (χ1) is 10.3. The van der Waals surface area contributed by atoms with Crippen molar-refractivity contribution in [3.8, 4) is 5.75 Å². The molecule has 0 spiro atoms. The summed E-state index contributed by atoms with van der Waals surface area (Å²) < 4.78 is 11.4. The second kappa shape index (κ2) is 8.47. The number of carbonyl (C=O) groups is 1. The number of hydrogen-bond donors (Lipinski definition) is 1. The summed E-state index contributed by atoms with van der Waals surface area (Å²) in [7, 11) is 0. The lowest BCUT2D eigenvalue weighted by Crippen LogP contribution is -2.15. The zero-order valence-electron chi connectivity index (χ0n) is 12.2. The van der Waals surface area contributed by atoms with Crippen molar-refractivity contribution in [2.45, 2.75) is 38.2 Å². The molecule has 1 aromatic rings. The van der Waals surface area contributed by atoms with E-state index in [0.717, 1.165) is 38.7 Å². The number of carboxylic acid groups (broad SMARTS) is 1. The summed E-state index contributed by atoms with van der Waals surface area (Å²) in [5, 5.41) is 8.80. The van der Waals surface area contributed by atoms with Crippen LogP contribution >= 0.6 is 0 Å². The van der Waals surface area contributed by atoms with Crippen LogP contribution in [0.4, 0.5) is 0 Å². The predicted octanol–water partition coefficient (Wildman–Crippen LogP) is 3.67. The zero-order chi connectivity index (χ0) is 14.9. The van der Waals surface area contributed by atoms with Crippen molar-refractivity contribution < 1.29 is 19.4 Å². The first-order valence-electron chi connectivity index (χ1n) is 7.48. The van der Waals surface area contributed by atoms with Gasteiger partial charge in [0.25, 0.3) is 0 Å². The molecular weight excluding hydrogens is 268 g/mol. The Morgan fingerprint density at radius 2 is 1.90 bits per heavy atom. The Morgan fingerprint density at radius 3 is 2.57 bits per heavy atom. The second-order valence-corrected chi connectivity index (χ2v) is 5.16. The smallest absolute Gasteiger partial charge is 0.335 e. The first-order valence-corrected chi connectivity index (χ1v) is 7.48. The highest BCUT2D eigenvalue weighted by atomic mass is 16.5. The normalized spacial score (nSPS) is 17.6. The van der Waals surface area contributed by atoms with Gasteiger partial charge in [0, 0.05) is 6.61 Å². The molecule has 0 saturated carbocycles. The Bertz CT molecular complexity index is 464. The third kappa shape index (κ3) is 5.60. The lowest BCUT2D eigenvalue weighted by Gasteiger charge is -2.18. The maximum atomic E-state index is 10.7. The van der Waals surface area contributed by atoms with E-state index in [1.54, 1.807) is 24.3 Å². The van der Waals surface area contributed by atoms with Gasteiger partial charge in [0.2, 0.25) is 0 Å². The van der Waals surface area contributed by atoms with Gasteiger partial charge in [0.05, 0.1) is 18.3 Å². The van der Waals surface area contributed by atoms with Gasteiger partial charge >= 0.3 is 5.97 Å². The molecule has 1 atom stereocenters. The summed E-state index contributed by atoms with van der Waals surface area (Å²) >= 11 is 0. The Hall–Kier alpha value is -1.81. The van der Waals surface area contributed by atoms with Crippen LogP contribution in [0.25, 0.3) is 0 Å². The molecule has 1 N–H and O–H groups in total. The molecule has 0 fully saturated rings. The largest absolute Gasteiger partial charge is 0.494 e. The van der Waals surface area contributed by atoms with Crippen LogP contribution < -0.4 is 4.74 Å². The van der Waals surface area contributed by atoms with Gasteiger partial charge in [-0.1, -0.05) is 12.2 Å². The van der Waals surface area contributed by atoms with E-state index < -0.39 is 5.97 Å². The summed E-state index contributed by atoms with van der Waals surface area (Å²) in [6, 6.07) is 6.48. The van der Waals surface area contributed by atoms with E-state index >= 15 is 0 Å². The van der Waals surface area contributed by atoms with Crippen LogP contribution in [0.3, 0.4) is 0 Å². The number of allylic oxidation sites excluding steroid dienone is 1. The van der Waals surface area contributed by atoms with Gasteiger partial charge in [-0.15, -0.1) is 0 Å². The maximum Gasteiger partial charge on any atom is 0.335 e. The van der Waals surface area contributed by atoms with Crippen LogP contribution in [0.2, 0.25) is 0 Å². The van der Waals surface area contributed by atoms with Crippen molar-refractivity contribution in [3.63, 3.8) is 0 Å².